The molecule has 0 N–H and O–H groups in total. The van der Waals surface area contributed by atoms with Crippen LogP contribution in [-0.2, 0) is 14.6 Å². The van der Waals surface area contributed by atoms with Crippen LogP contribution in [0.4, 0.5) is 0 Å². The van der Waals surface area contributed by atoms with Gasteiger partial charge in [0.25, 0.3) is 0 Å². The van der Waals surface area contributed by atoms with Crippen molar-refractivity contribution in [2.45, 2.75) is 32.2 Å². The van der Waals surface area contributed by atoms with Crippen molar-refractivity contribution in [1.82, 2.24) is 4.90 Å². The second-order valence-corrected chi connectivity index (χ2v) is 8.60. The van der Waals surface area contributed by atoms with Crippen LogP contribution in [0.25, 0.3) is 0 Å². The molecule has 1 aliphatic rings. The van der Waals surface area contributed by atoms with Crippen molar-refractivity contribution >= 4 is 31.7 Å². The van der Waals surface area contributed by atoms with E-state index in [-0.39, 0.29) is 29.4 Å². The molecule has 0 radical (unpaired) electrons. The van der Waals surface area contributed by atoms with E-state index in [1.807, 2.05) is 38.1 Å². The third kappa shape index (κ3) is 3.86. The van der Waals surface area contributed by atoms with Crippen molar-refractivity contribution in [3.8, 4) is 0 Å². The lowest BCUT2D eigenvalue weighted by Crippen LogP contribution is -2.43. The van der Waals surface area contributed by atoms with Gasteiger partial charge in [-0.1, -0.05) is 28.1 Å². The molecule has 1 fully saturated rings. The number of hydrogen-bond acceptors (Lipinski definition) is 3. The molecule has 0 spiro atoms. The van der Waals surface area contributed by atoms with Crippen molar-refractivity contribution < 1.29 is 13.2 Å². The first kappa shape index (κ1) is 16.5. The molecule has 4 nitrogen and oxygen atoms in total. The Morgan fingerprint density at radius 1 is 1.38 bits per heavy atom. The molecule has 1 amide bonds. The standard InChI is InChI=1S/C15H20BrNO3S/c1-3-17(14-8-9-21(19,20)10-14)15(18)11(2)12-4-6-13(16)7-5-12/h4-7,11,14H,3,8-10H2,1-2H3. The Morgan fingerprint density at radius 3 is 2.48 bits per heavy atom. The highest BCUT2D eigenvalue weighted by atomic mass is 79.9. The van der Waals surface area contributed by atoms with E-state index in [1.165, 1.54) is 0 Å². The lowest BCUT2D eigenvalue weighted by Gasteiger charge is -2.29. The minimum atomic E-state index is -2.98. The van der Waals surface area contributed by atoms with Crippen LogP contribution in [0.2, 0.25) is 0 Å². The van der Waals surface area contributed by atoms with Crippen LogP contribution < -0.4 is 0 Å². The van der Waals surface area contributed by atoms with Gasteiger partial charge in [-0.15, -0.1) is 0 Å². The van der Waals surface area contributed by atoms with Gasteiger partial charge >= 0.3 is 0 Å². The summed E-state index contributed by atoms with van der Waals surface area (Å²) < 4.78 is 24.2. The summed E-state index contributed by atoms with van der Waals surface area (Å²) >= 11 is 3.38. The first-order chi connectivity index (χ1) is 9.84. The molecule has 1 aromatic carbocycles. The number of sulfone groups is 1. The maximum Gasteiger partial charge on any atom is 0.230 e. The molecule has 0 aromatic heterocycles. The van der Waals surface area contributed by atoms with Crippen LogP contribution in [0.3, 0.4) is 0 Å². The van der Waals surface area contributed by atoms with Crippen molar-refractivity contribution in [2.75, 3.05) is 18.1 Å². The molecule has 21 heavy (non-hydrogen) atoms. The van der Waals surface area contributed by atoms with Gasteiger partial charge < -0.3 is 4.90 Å². The number of nitrogens with zero attached hydrogens (tertiary/aromatic N) is 1. The molecule has 1 aliphatic heterocycles. The molecule has 1 aromatic rings. The highest BCUT2D eigenvalue weighted by Crippen LogP contribution is 2.24. The van der Waals surface area contributed by atoms with Crippen molar-refractivity contribution in [2.24, 2.45) is 0 Å². The Balaban J connectivity index is 2.14. The van der Waals surface area contributed by atoms with E-state index in [0.717, 1.165) is 10.0 Å². The van der Waals surface area contributed by atoms with Gasteiger partial charge in [0, 0.05) is 17.1 Å². The van der Waals surface area contributed by atoms with Crippen LogP contribution >= 0.6 is 15.9 Å². The van der Waals surface area contributed by atoms with Gasteiger partial charge in [-0.3, -0.25) is 4.79 Å². The number of benzene rings is 1. The lowest BCUT2D eigenvalue weighted by atomic mass is 9.99. The topological polar surface area (TPSA) is 54.5 Å². The monoisotopic (exact) mass is 373 g/mol. The van der Waals surface area contributed by atoms with Crippen LogP contribution in [0.1, 0.15) is 31.7 Å². The van der Waals surface area contributed by atoms with Gasteiger partial charge in [0.2, 0.25) is 5.91 Å². The van der Waals surface area contributed by atoms with Crippen molar-refractivity contribution in [3.05, 3.63) is 34.3 Å². The van der Waals surface area contributed by atoms with Crippen molar-refractivity contribution in [1.29, 1.82) is 0 Å². The van der Waals surface area contributed by atoms with Crippen LogP contribution in [-0.4, -0.2) is 43.3 Å². The number of hydrogen-bond donors (Lipinski definition) is 0. The van der Waals surface area contributed by atoms with E-state index < -0.39 is 9.84 Å². The van der Waals surface area contributed by atoms with Crippen LogP contribution in [0.5, 0.6) is 0 Å². The normalized spacial score (nSPS) is 22.0. The summed E-state index contributed by atoms with van der Waals surface area (Å²) in [5, 5.41) is 0. The Morgan fingerprint density at radius 2 is 2.00 bits per heavy atom. The average Bonchev–Trinajstić information content (AvgIpc) is 2.79. The van der Waals surface area contributed by atoms with E-state index in [0.29, 0.717) is 13.0 Å². The highest BCUT2D eigenvalue weighted by molar-refractivity contribution is 9.10. The van der Waals surface area contributed by atoms with Gasteiger partial charge in [0.05, 0.1) is 17.4 Å². The van der Waals surface area contributed by atoms with Crippen LogP contribution in [0.15, 0.2) is 28.7 Å². The number of amides is 1. The second kappa shape index (κ2) is 6.48. The molecule has 2 atom stereocenters. The number of likely N-dealkylation sites (N-methyl/N-ethyl adjacent to an activating group) is 1. The molecule has 1 saturated heterocycles. The van der Waals surface area contributed by atoms with E-state index in [1.54, 1.807) is 4.90 Å². The predicted octanol–water partition coefficient (Wildman–Crippen LogP) is 2.59. The zero-order chi connectivity index (χ0) is 15.6. The third-order valence-electron chi connectivity index (χ3n) is 4.01. The first-order valence-corrected chi connectivity index (χ1v) is 9.72. The van der Waals surface area contributed by atoms with Crippen LogP contribution in [0, 0.1) is 0 Å². The molecule has 2 rings (SSSR count). The van der Waals surface area contributed by atoms with E-state index in [9.17, 15) is 13.2 Å². The molecule has 0 aliphatic carbocycles. The number of rotatable bonds is 4. The summed E-state index contributed by atoms with van der Waals surface area (Å²) in [6.45, 7) is 4.31. The zero-order valence-electron chi connectivity index (χ0n) is 12.3. The Bertz CT molecular complexity index is 612. The Kier molecular flexibility index (Phi) is 5.09. The molecular weight excluding hydrogens is 354 g/mol. The first-order valence-electron chi connectivity index (χ1n) is 7.10. The minimum Gasteiger partial charge on any atom is -0.338 e. The number of halogens is 1. The SMILES string of the molecule is CCN(C(=O)C(C)c1ccc(Br)cc1)C1CCS(=O)(=O)C1. The van der Waals surface area contributed by atoms with Gasteiger partial charge in [-0.25, -0.2) is 8.42 Å². The number of carbonyl (C=O) groups is 1. The van der Waals surface area contributed by atoms with E-state index in [4.69, 9.17) is 0 Å². The summed E-state index contributed by atoms with van der Waals surface area (Å²) in [4.78, 5) is 14.4. The lowest BCUT2D eigenvalue weighted by molar-refractivity contribution is -0.134. The van der Waals surface area contributed by atoms with Gasteiger partial charge in [-0.05, 0) is 38.0 Å². The average molecular weight is 374 g/mol. The van der Waals surface area contributed by atoms with Gasteiger partial charge in [-0.2, -0.15) is 0 Å². The molecule has 2 unspecified atom stereocenters. The predicted molar refractivity (Wildman–Crippen MR) is 87.0 cm³/mol. The molecule has 0 bridgehead atoms. The number of carbonyl (C=O) groups excluding carboxylic acids is 1. The second-order valence-electron chi connectivity index (χ2n) is 5.45. The quantitative estimate of drug-likeness (QED) is 0.814. The molecule has 116 valence electrons. The Labute approximate surface area is 134 Å². The largest absolute Gasteiger partial charge is 0.338 e. The molecular formula is C15H20BrNO3S. The zero-order valence-corrected chi connectivity index (χ0v) is 14.7. The molecule has 1 heterocycles. The van der Waals surface area contributed by atoms with E-state index in [2.05, 4.69) is 15.9 Å². The summed E-state index contributed by atoms with van der Waals surface area (Å²) in [7, 11) is -2.98. The summed E-state index contributed by atoms with van der Waals surface area (Å²) in [6, 6.07) is 7.49. The fraction of sp³-hybridized carbons (Fsp3) is 0.533. The Hall–Kier alpha value is -0.880. The highest BCUT2D eigenvalue weighted by Gasteiger charge is 2.35. The minimum absolute atomic E-state index is 0.00178. The van der Waals surface area contributed by atoms with Gasteiger partial charge in [0.15, 0.2) is 9.84 Å². The smallest absolute Gasteiger partial charge is 0.230 e. The summed E-state index contributed by atoms with van der Waals surface area (Å²) in [6.07, 6.45) is 0.551. The fourth-order valence-corrected chi connectivity index (χ4v) is 4.75. The van der Waals surface area contributed by atoms with E-state index >= 15 is 0 Å². The third-order valence-corrected chi connectivity index (χ3v) is 6.29. The summed E-state index contributed by atoms with van der Waals surface area (Å²) in [5.41, 5.74) is 0.947. The van der Waals surface area contributed by atoms with Gasteiger partial charge in [0.1, 0.15) is 0 Å². The molecule has 0 saturated carbocycles. The maximum atomic E-state index is 12.7. The molecule has 6 heteroatoms. The maximum absolute atomic E-state index is 12.7. The fourth-order valence-electron chi connectivity index (χ4n) is 2.76. The summed E-state index contributed by atoms with van der Waals surface area (Å²) in [5.74, 6) is 0.0246. The van der Waals surface area contributed by atoms with Crippen molar-refractivity contribution in [3.63, 3.8) is 0 Å².